The predicted molar refractivity (Wildman–Crippen MR) is 123 cm³/mol. The molecule has 0 saturated carbocycles. The first-order valence-electron chi connectivity index (χ1n) is 10.5. The summed E-state index contributed by atoms with van der Waals surface area (Å²) >= 11 is 0. The quantitative estimate of drug-likeness (QED) is 0.625. The average molecular weight is 439 g/mol. The molecule has 1 heterocycles. The summed E-state index contributed by atoms with van der Waals surface area (Å²) in [6.45, 7) is 8.21. The van der Waals surface area contributed by atoms with Gasteiger partial charge in [-0.15, -0.1) is 0 Å². The van der Waals surface area contributed by atoms with E-state index in [0.717, 1.165) is 11.1 Å². The number of nitrogens with one attached hydrogen (secondary N) is 1. The van der Waals surface area contributed by atoms with Crippen LogP contribution in [0.15, 0.2) is 54.0 Å². The fourth-order valence-corrected chi connectivity index (χ4v) is 3.14. The minimum absolute atomic E-state index is 0.0458. The van der Waals surface area contributed by atoms with Crippen molar-refractivity contribution in [3.05, 3.63) is 65.1 Å². The summed E-state index contributed by atoms with van der Waals surface area (Å²) in [5.41, 5.74) is 1.31. The molecule has 170 valence electrons. The standard InChI is InChI=1S/C24H30BNO6/c1-23(2)24(3,4)32-25(31-23)19(13-18-11-12-20(27)21(14-18)29-5)15-26-22(28)30-16-17-9-7-6-8-10-17/h6-14,27H,15-16H2,1-5H3,(H,26,28). The second-order valence-electron chi connectivity index (χ2n) is 8.65. The molecule has 3 rings (SSSR count). The molecule has 1 saturated heterocycles. The normalized spacial score (nSPS) is 17.2. The predicted octanol–water partition coefficient (Wildman–Crippen LogP) is 4.34. The second kappa shape index (κ2) is 9.67. The Morgan fingerprint density at radius 1 is 1.09 bits per heavy atom. The highest BCUT2D eigenvalue weighted by molar-refractivity contribution is 6.56. The van der Waals surface area contributed by atoms with Crippen LogP contribution in [0.25, 0.3) is 6.08 Å². The molecule has 0 spiro atoms. The lowest BCUT2D eigenvalue weighted by atomic mass is 9.77. The van der Waals surface area contributed by atoms with Gasteiger partial charge in [0.1, 0.15) is 6.61 Å². The lowest BCUT2D eigenvalue weighted by Crippen LogP contribution is -2.41. The summed E-state index contributed by atoms with van der Waals surface area (Å²) in [6.07, 6.45) is 1.31. The van der Waals surface area contributed by atoms with E-state index in [1.165, 1.54) is 7.11 Å². The van der Waals surface area contributed by atoms with Gasteiger partial charge >= 0.3 is 13.2 Å². The summed E-state index contributed by atoms with van der Waals surface area (Å²) in [5.74, 6) is 0.395. The highest BCUT2D eigenvalue weighted by Gasteiger charge is 2.52. The van der Waals surface area contributed by atoms with Crippen LogP contribution in [0.4, 0.5) is 4.79 Å². The van der Waals surface area contributed by atoms with Crippen molar-refractivity contribution in [3.8, 4) is 11.5 Å². The maximum atomic E-state index is 12.3. The number of carbonyl (C=O) groups excluding carboxylic acids is 1. The van der Waals surface area contributed by atoms with E-state index in [-0.39, 0.29) is 18.9 Å². The van der Waals surface area contributed by atoms with Crippen LogP contribution in [0.3, 0.4) is 0 Å². The molecule has 0 aromatic heterocycles. The Labute approximate surface area is 189 Å². The molecule has 7 nitrogen and oxygen atoms in total. The molecule has 1 amide bonds. The summed E-state index contributed by atoms with van der Waals surface area (Å²) in [7, 11) is 0.830. The number of ether oxygens (including phenoxy) is 2. The Balaban J connectivity index is 1.76. The van der Waals surface area contributed by atoms with Crippen molar-refractivity contribution in [3.63, 3.8) is 0 Å². The van der Waals surface area contributed by atoms with Crippen LogP contribution in [0.5, 0.6) is 11.5 Å². The number of rotatable bonds is 7. The molecule has 8 heteroatoms. The Hall–Kier alpha value is -2.97. The highest BCUT2D eigenvalue weighted by atomic mass is 16.7. The SMILES string of the molecule is COc1cc(C=C(CNC(=O)OCc2ccccc2)B2OC(C)(C)C(C)(C)O2)ccc1O. The van der Waals surface area contributed by atoms with Crippen molar-refractivity contribution in [2.45, 2.75) is 45.5 Å². The third kappa shape index (κ3) is 5.63. The fraction of sp³-hybridized carbons (Fsp3) is 0.375. The van der Waals surface area contributed by atoms with Crippen LogP contribution in [0.2, 0.25) is 0 Å². The van der Waals surface area contributed by atoms with Gasteiger partial charge in [-0.25, -0.2) is 4.79 Å². The number of hydrogen-bond acceptors (Lipinski definition) is 6. The zero-order valence-corrected chi connectivity index (χ0v) is 19.2. The third-order valence-electron chi connectivity index (χ3n) is 5.76. The van der Waals surface area contributed by atoms with Crippen molar-refractivity contribution in [2.75, 3.05) is 13.7 Å². The lowest BCUT2D eigenvalue weighted by Gasteiger charge is -2.32. The van der Waals surface area contributed by atoms with Crippen molar-refractivity contribution in [2.24, 2.45) is 0 Å². The lowest BCUT2D eigenvalue weighted by molar-refractivity contribution is 0.00578. The van der Waals surface area contributed by atoms with Crippen molar-refractivity contribution >= 4 is 19.3 Å². The van der Waals surface area contributed by atoms with E-state index in [1.54, 1.807) is 18.2 Å². The van der Waals surface area contributed by atoms with Gasteiger partial charge in [-0.2, -0.15) is 0 Å². The van der Waals surface area contributed by atoms with Gasteiger partial charge in [0.2, 0.25) is 0 Å². The Morgan fingerprint density at radius 3 is 2.38 bits per heavy atom. The van der Waals surface area contributed by atoms with Gasteiger partial charge in [0.05, 0.1) is 18.3 Å². The van der Waals surface area contributed by atoms with Crippen molar-refractivity contribution < 1.29 is 28.7 Å². The Bertz CT molecular complexity index is 958. The fourth-order valence-electron chi connectivity index (χ4n) is 3.14. The van der Waals surface area contributed by atoms with Gasteiger partial charge in [-0.1, -0.05) is 42.5 Å². The molecule has 2 aromatic carbocycles. The van der Waals surface area contributed by atoms with E-state index < -0.39 is 24.4 Å². The molecule has 2 N–H and O–H groups in total. The number of hydrogen-bond donors (Lipinski definition) is 2. The Kier molecular flexibility index (Phi) is 7.16. The summed E-state index contributed by atoms with van der Waals surface area (Å²) in [6, 6.07) is 14.5. The zero-order valence-electron chi connectivity index (χ0n) is 19.2. The molecule has 1 aliphatic rings. The first kappa shape index (κ1) is 23.7. The number of carbonyl (C=O) groups is 1. The smallest absolute Gasteiger partial charge is 0.492 e. The molecule has 1 aliphatic heterocycles. The summed E-state index contributed by atoms with van der Waals surface area (Å²) in [4.78, 5) is 12.3. The molecule has 1 fully saturated rings. The topological polar surface area (TPSA) is 86.3 Å². The first-order chi connectivity index (χ1) is 15.1. The van der Waals surface area contributed by atoms with E-state index in [0.29, 0.717) is 11.2 Å². The maximum Gasteiger partial charge on any atom is 0.492 e. The molecule has 0 radical (unpaired) electrons. The molecular formula is C24H30BNO6. The number of benzene rings is 2. The van der Waals surface area contributed by atoms with E-state index in [9.17, 15) is 9.90 Å². The molecule has 32 heavy (non-hydrogen) atoms. The van der Waals surface area contributed by atoms with Crippen LogP contribution in [0, 0.1) is 0 Å². The summed E-state index contributed by atoms with van der Waals surface area (Å²) < 4.78 is 22.9. The first-order valence-corrected chi connectivity index (χ1v) is 10.5. The third-order valence-corrected chi connectivity index (χ3v) is 5.76. The number of amides is 1. The number of methoxy groups -OCH3 is 1. The van der Waals surface area contributed by atoms with Gasteiger partial charge < -0.3 is 29.2 Å². The van der Waals surface area contributed by atoms with Gasteiger partial charge in [0.25, 0.3) is 0 Å². The zero-order chi connectivity index (χ0) is 23.4. The minimum Gasteiger partial charge on any atom is -0.504 e. The van der Waals surface area contributed by atoms with Crippen LogP contribution < -0.4 is 10.1 Å². The molecule has 0 aliphatic carbocycles. The van der Waals surface area contributed by atoms with Gasteiger partial charge in [0.15, 0.2) is 11.5 Å². The highest BCUT2D eigenvalue weighted by Crippen LogP contribution is 2.39. The second-order valence-corrected chi connectivity index (χ2v) is 8.65. The number of phenols is 1. The number of alkyl carbamates (subject to hydrolysis) is 1. The summed E-state index contributed by atoms with van der Waals surface area (Å²) in [5, 5.41) is 12.7. The van der Waals surface area contributed by atoms with Gasteiger partial charge in [0, 0.05) is 6.54 Å². The largest absolute Gasteiger partial charge is 0.504 e. The number of phenolic OH excluding ortho intramolecular Hbond substituents is 1. The van der Waals surface area contributed by atoms with Crippen LogP contribution in [-0.2, 0) is 20.7 Å². The molecule has 0 unspecified atom stereocenters. The molecular weight excluding hydrogens is 409 g/mol. The van der Waals surface area contributed by atoms with Crippen molar-refractivity contribution in [1.82, 2.24) is 5.32 Å². The average Bonchev–Trinajstić information content (AvgIpc) is 2.98. The van der Waals surface area contributed by atoms with E-state index in [2.05, 4.69) is 5.32 Å². The Morgan fingerprint density at radius 2 is 1.75 bits per heavy atom. The molecule has 0 bridgehead atoms. The van der Waals surface area contributed by atoms with Crippen LogP contribution in [-0.4, -0.2) is 43.2 Å². The van der Waals surface area contributed by atoms with E-state index in [4.69, 9.17) is 18.8 Å². The van der Waals surface area contributed by atoms with Gasteiger partial charge in [-0.3, -0.25) is 0 Å². The molecule has 0 atom stereocenters. The monoisotopic (exact) mass is 439 g/mol. The van der Waals surface area contributed by atoms with Crippen molar-refractivity contribution in [1.29, 1.82) is 0 Å². The number of aromatic hydroxyl groups is 1. The van der Waals surface area contributed by atoms with Crippen LogP contribution >= 0.6 is 0 Å². The molecule has 2 aromatic rings. The maximum absolute atomic E-state index is 12.3. The van der Waals surface area contributed by atoms with Gasteiger partial charge in [-0.05, 0) is 56.4 Å². The van der Waals surface area contributed by atoms with E-state index >= 15 is 0 Å². The van der Waals surface area contributed by atoms with E-state index in [1.807, 2.05) is 64.1 Å². The minimum atomic E-state index is -0.658. The van der Waals surface area contributed by atoms with Crippen LogP contribution in [0.1, 0.15) is 38.8 Å².